The number of nitrogens with zero attached hydrogens (tertiary/aromatic N) is 8. The molecule has 0 saturated carbocycles. The monoisotopic (exact) mass is 1200 g/mol. The minimum Gasteiger partial charge on any atom is -0.731 e. The summed E-state index contributed by atoms with van der Waals surface area (Å²) in [6.45, 7) is 22.0. The van der Waals surface area contributed by atoms with Crippen molar-refractivity contribution >= 4 is 35.0 Å². The Balaban J connectivity index is 0.000000489. The molecule has 0 saturated heterocycles. The van der Waals surface area contributed by atoms with Crippen molar-refractivity contribution in [2.75, 3.05) is 0 Å². The molecule has 7 aromatic carbocycles. The largest absolute Gasteiger partial charge is 6.00 e. The van der Waals surface area contributed by atoms with Gasteiger partial charge in [0.1, 0.15) is 15.9 Å². The maximum absolute atomic E-state index is 8.98. The summed E-state index contributed by atoms with van der Waals surface area (Å²) in [6.07, 6.45) is 4.68. The zero-order valence-electron chi connectivity index (χ0n) is 44.7. The summed E-state index contributed by atoms with van der Waals surface area (Å²) in [6, 6.07) is 63.1. The minimum atomic E-state index is -0.877. The van der Waals surface area contributed by atoms with Gasteiger partial charge in [-0.2, -0.15) is 38.3 Å². The van der Waals surface area contributed by atoms with Gasteiger partial charge in [0.2, 0.25) is 0 Å². The molecule has 0 aliphatic heterocycles. The summed E-state index contributed by atoms with van der Waals surface area (Å²) >= 11 is 0. The van der Waals surface area contributed by atoms with E-state index in [1.54, 1.807) is 109 Å². The van der Waals surface area contributed by atoms with Crippen LogP contribution in [0.1, 0.15) is 66.8 Å². The zero-order chi connectivity index (χ0) is 55.5. The molecule has 0 atom stereocenters. The molecule has 0 bridgehead atoms. The first-order valence-electron chi connectivity index (χ1n) is 23.6. The van der Waals surface area contributed by atoms with Gasteiger partial charge in [-0.1, -0.05) is 190 Å². The Kier molecular flexibility index (Phi) is 30.0. The standard InChI is InChI=1S/C18H15P.2C14H5N4.2C10H15.2Ru/c1-4-10-16(11-5-1)19(17-12-6-2-7-13-17)18-14-8-3-9-15-18;15-7-11(8-16)6-14(13(9-17)10-18)12-4-2-1-3-5-12;15-7-6-12(8-16)14(13(9-17)10-18)11-4-2-1-3-5-11;2*1-6-7(2)9(4)10(5)8(6)3;;/h1-15H;2*1-5H;2*1-5H3;;/q;2*-1;-5;-1;2*+6/p+1. The van der Waals surface area contributed by atoms with Crippen LogP contribution in [0.3, 0.4) is 0 Å². The molecule has 0 heterocycles. The van der Waals surface area contributed by atoms with Gasteiger partial charge in [-0.05, 0) is 36.4 Å². The van der Waals surface area contributed by atoms with Crippen molar-refractivity contribution in [2.45, 2.75) is 69.2 Å². The van der Waals surface area contributed by atoms with Crippen LogP contribution in [0.5, 0.6) is 0 Å². The number of allylic oxidation sites excluding steroid dienone is 8. The second kappa shape index (κ2) is 34.8. The molecule has 0 spiro atoms. The molecule has 11 heteroatoms. The fraction of sp³-hybridized carbons (Fsp3) is 0.152. The van der Waals surface area contributed by atoms with Gasteiger partial charge in [-0.15, -0.1) is 5.57 Å². The third-order valence-electron chi connectivity index (χ3n) is 12.9. The maximum Gasteiger partial charge on any atom is 6.00 e. The summed E-state index contributed by atoms with van der Waals surface area (Å²) < 4.78 is 0. The van der Waals surface area contributed by atoms with E-state index >= 15 is 0 Å². The van der Waals surface area contributed by atoms with Crippen LogP contribution in [0.15, 0.2) is 174 Å². The molecule has 0 aliphatic carbocycles. The van der Waals surface area contributed by atoms with Crippen molar-refractivity contribution in [1.82, 2.24) is 0 Å². The normalized spacial score (nSPS) is 9.31. The molecule has 7 aromatic rings. The quantitative estimate of drug-likeness (QED) is 0.0495. The predicted molar refractivity (Wildman–Crippen MR) is 303 cm³/mol. The van der Waals surface area contributed by atoms with Gasteiger partial charge in [-0.25, -0.2) is 60.9 Å². The molecule has 7 rings (SSSR count). The van der Waals surface area contributed by atoms with E-state index in [1.165, 1.54) is 71.5 Å². The summed E-state index contributed by atoms with van der Waals surface area (Å²) in [5, 5.41) is 74.8. The van der Waals surface area contributed by atoms with Crippen molar-refractivity contribution in [1.29, 1.82) is 42.1 Å². The van der Waals surface area contributed by atoms with Crippen LogP contribution in [0.4, 0.5) is 0 Å². The number of hydrogen-bond donors (Lipinski definition) is 0. The van der Waals surface area contributed by atoms with Crippen LogP contribution in [0, 0.1) is 172 Å². The van der Waals surface area contributed by atoms with Crippen LogP contribution < -0.4 is 15.9 Å². The Morgan fingerprint density at radius 1 is 0.403 bits per heavy atom. The smallest absolute Gasteiger partial charge is 0.731 e. The van der Waals surface area contributed by atoms with Crippen LogP contribution in [-0.4, -0.2) is 0 Å². The zero-order valence-corrected chi connectivity index (χ0v) is 49.2. The minimum absolute atomic E-state index is 0. The van der Waals surface area contributed by atoms with Crippen molar-refractivity contribution in [2.24, 2.45) is 0 Å². The third-order valence-corrected chi connectivity index (χ3v) is 15.6. The Morgan fingerprint density at radius 2 is 0.714 bits per heavy atom. The average Bonchev–Trinajstić information content (AvgIpc) is 3.73. The number of hydrogen-bond acceptors (Lipinski definition) is 8. The molecule has 0 radical (unpaired) electrons. The Labute approximate surface area is 483 Å². The van der Waals surface area contributed by atoms with E-state index in [0.29, 0.717) is 11.1 Å². The van der Waals surface area contributed by atoms with Gasteiger partial charge >= 0.3 is 39.0 Å². The number of nitriles is 8. The van der Waals surface area contributed by atoms with Crippen molar-refractivity contribution < 1.29 is 39.0 Å². The molecule has 0 aromatic heterocycles. The molecular weight excluding hydrogens is 1140 g/mol. The number of rotatable bonds is 7. The first-order chi connectivity index (χ1) is 36.1. The molecule has 0 fully saturated rings. The molecule has 0 amide bonds. The Bertz CT molecular complexity index is 3190. The fourth-order valence-electron chi connectivity index (χ4n) is 7.71. The summed E-state index contributed by atoms with van der Waals surface area (Å²) in [7, 11) is -0.877. The van der Waals surface area contributed by atoms with Gasteiger partial charge < -0.3 is 27.8 Å². The van der Waals surface area contributed by atoms with Gasteiger partial charge in [0.05, 0.1) is 43.3 Å². The van der Waals surface area contributed by atoms with Crippen LogP contribution >= 0.6 is 7.92 Å². The van der Waals surface area contributed by atoms with E-state index in [4.69, 9.17) is 42.1 Å². The van der Waals surface area contributed by atoms with Crippen LogP contribution in [-0.2, 0) is 39.0 Å². The maximum atomic E-state index is 8.98. The molecule has 376 valence electrons. The van der Waals surface area contributed by atoms with E-state index in [9.17, 15) is 0 Å². The summed E-state index contributed by atoms with van der Waals surface area (Å²) in [4.78, 5) is 0. The van der Waals surface area contributed by atoms with Crippen molar-refractivity contribution in [3.05, 3.63) is 253 Å². The molecule has 0 aliphatic rings. The second-order valence-electron chi connectivity index (χ2n) is 16.8. The van der Waals surface area contributed by atoms with E-state index in [-0.39, 0.29) is 72.4 Å². The second-order valence-corrected chi connectivity index (χ2v) is 19.3. The van der Waals surface area contributed by atoms with E-state index in [0.717, 1.165) is 0 Å². The summed E-state index contributed by atoms with van der Waals surface area (Å²) in [5.74, 6) is 0. The average molecular weight is 1190 g/mol. The van der Waals surface area contributed by atoms with E-state index in [2.05, 4.69) is 172 Å². The molecule has 77 heavy (non-hydrogen) atoms. The van der Waals surface area contributed by atoms with Crippen molar-refractivity contribution in [3.63, 3.8) is 0 Å². The van der Waals surface area contributed by atoms with Crippen LogP contribution in [0.25, 0.3) is 11.1 Å². The summed E-state index contributed by atoms with van der Waals surface area (Å²) in [5.41, 5.74) is 15.2. The third kappa shape index (κ3) is 18.6. The first-order valence-corrected chi connectivity index (χ1v) is 25.1. The van der Waals surface area contributed by atoms with Gasteiger partial charge in [0, 0.05) is 23.8 Å². The Morgan fingerprint density at radius 3 is 0.974 bits per heavy atom. The molecule has 0 unspecified atom stereocenters. The van der Waals surface area contributed by atoms with Crippen LogP contribution in [0.2, 0.25) is 0 Å². The van der Waals surface area contributed by atoms with Gasteiger partial charge in [0.15, 0.2) is 0 Å². The molecule has 0 N–H and O–H groups in total. The topological polar surface area (TPSA) is 190 Å². The first kappa shape index (κ1) is 66.4. The van der Waals surface area contributed by atoms with Gasteiger partial charge in [-0.3, -0.25) is 5.26 Å². The fourth-order valence-corrected chi connectivity index (χ4v) is 10.3. The van der Waals surface area contributed by atoms with Gasteiger partial charge in [0.25, 0.3) is 0 Å². The predicted octanol–water partition coefficient (Wildman–Crippen LogP) is 13.6. The Hall–Kier alpha value is -8.64. The SMILES string of the molecule is C[c-]1[c-](C)[c-](C)[c-](C)[c-]1C.Cc1c(C)c(C)[c-](C)c1C.N#CC(C#N)=[C-]C(=C(C#N)C#N)c1ccccc1.N#C[C-]=C(C#N)C(=C(C#N)C#N)c1ccccc1.[Ru+6].[Ru+6].c1ccc([PH+](c2ccccc2)c2ccccc2)cc1. The van der Waals surface area contributed by atoms with E-state index in [1.807, 2.05) is 0 Å². The van der Waals surface area contributed by atoms with E-state index < -0.39 is 7.92 Å². The molecular formula is C66H56N8PRu2+5. The van der Waals surface area contributed by atoms with Crippen molar-refractivity contribution in [3.8, 4) is 48.6 Å². The number of benzene rings is 5. The molecule has 8 nitrogen and oxygen atoms in total.